The van der Waals surface area contributed by atoms with E-state index in [2.05, 4.69) is 0 Å². The standard InChI is InChI=1S/C13H25ClO2/c14-12-10-8-6-4-2-1-3-5-7-9-11-13(15)16/h1-12H2,(H,15,16). The van der Waals surface area contributed by atoms with E-state index in [-0.39, 0.29) is 0 Å². The van der Waals surface area contributed by atoms with Gasteiger partial charge in [-0.15, -0.1) is 11.6 Å². The number of aliphatic carboxylic acids is 1. The zero-order chi connectivity index (χ0) is 12.1. The normalized spacial score (nSPS) is 10.6. The number of carbonyl (C=O) groups is 1. The van der Waals surface area contributed by atoms with Gasteiger partial charge >= 0.3 is 5.97 Å². The van der Waals surface area contributed by atoms with E-state index in [1.165, 1.54) is 44.9 Å². The molecule has 96 valence electrons. The Morgan fingerprint density at radius 2 is 1.12 bits per heavy atom. The van der Waals surface area contributed by atoms with Gasteiger partial charge in [0, 0.05) is 12.3 Å². The van der Waals surface area contributed by atoms with Crippen LogP contribution < -0.4 is 0 Å². The summed E-state index contributed by atoms with van der Waals surface area (Å²) < 4.78 is 0. The Kier molecular flexibility index (Phi) is 12.6. The minimum atomic E-state index is -0.667. The summed E-state index contributed by atoms with van der Waals surface area (Å²) in [5.41, 5.74) is 0. The summed E-state index contributed by atoms with van der Waals surface area (Å²) >= 11 is 5.59. The molecule has 0 spiro atoms. The summed E-state index contributed by atoms with van der Waals surface area (Å²) in [5, 5.41) is 8.45. The average Bonchev–Trinajstić information content (AvgIpc) is 2.25. The predicted octanol–water partition coefficient (Wildman–Crippen LogP) is 4.60. The molecule has 0 saturated carbocycles. The summed E-state index contributed by atoms with van der Waals surface area (Å²) in [7, 11) is 0. The average molecular weight is 249 g/mol. The molecule has 0 amide bonds. The molecule has 0 aromatic rings. The van der Waals surface area contributed by atoms with Gasteiger partial charge in [0.1, 0.15) is 0 Å². The Morgan fingerprint density at radius 3 is 1.50 bits per heavy atom. The third-order valence-corrected chi connectivity index (χ3v) is 3.04. The van der Waals surface area contributed by atoms with Crippen LogP contribution in [0.25, 0.3) is 0 Å². The molecule has 0 radical (unpaired) electrons. The van der Waals surface area contributed by atoms with Crippen molar-refractivity contribution in [1.82, 2.24) is 0 Å². The fourth-order valence-electron chi connectivity index (χ4n) is 1.78. The quantitative estimate of drug-likeness (QED) is 0.405. The fourth-order valence-corrected chi connectivity index (χ4v) is 1.97. The van der Waals surface area contributed by atoms with Gasteiger partial charge in [-0.2, -0.15) is 0 Å². The Morgan fingerprint density at radius 1 is 0.750 bits per heavy atom. The summed E-state index contributed by atoms with van der Waals surface area (Å²) in [4.78, 5) is 10.3. The van der Waals surface area contributed by atoms with Crippen molar-refractivity contribution < 1.29 is 9.90 Å². The largest absolute Gasteiger partial charge is 0.481 e. The van der Waals surface area contributed by atoms with Crippen LogP contribution >= 0.6 is 11.6 Å². The highest BCUT2D eigenvalue weighted by atomic mass is 35.5. The Labute approximate surface area is 104 Å². The first kappa shape index (κ1) is 15.8. The minimum absolute atomic E-state index is 0.332. The molecule has 0 aromatic heterocycles. The number of halogens is 1. The molecule has 2 nitrogen and oxygen atoms in total. The molecule has 0 rings (SSSR count). The maximum absolute atomic E-state index is 10.3. The maximum atomic E-state index is 10.3. The van der Waals surface area contributed by atoms with Gasteiger partial charge in [0.2, 0.25) is 0 Å². The van der Waals surface area contributed by atoms with Crippen LogP contribution in [0, 0.1) is 0 Å². The van der Waals surface area contributed by atoms with Crippen LogP contribution in [0.2, 0.25) is 0 Å². The zero-order valence-electron chi connectivity index (χ0n) is 10.2. The Hall–Kier alpha value is -0.240. The van der Waals surface area contributed by atoms with Crippen LogP contribution in [0.5, 0.6) is 0 Å². The molecule has 0 bridgehead atoms. The number of carboxylic acids is 1. The van der Waals surface area contributed by atoms with E-state index in [0.717, 1.165) is 25.1 Å². The number of rotatable bonds is 12. The van der Waals surface area contributed by atoms with E-state index in [9.17, 15) is 4.79 Å². The number of unbranched alkanes of at least 4 members (excludes halogenated alkanes) is 9. The van der Waals surface area contributed by atoms with Crippen molar-refractivity contribution in [2.45, 2.75) is 70.6 Å². The maximum Gasteiger partial charge on any atom is 0.303 e. The van der Waals surface area contributed by atoms with Gasteiger partial charge in [0.05, 0.1) is 0 Å². The van der Waals surface area contributed by atoms with Crippen molar-refractivity contribution in [2.24, 2.45) is 0 Å². The number of hydrogen-bond donors (Lipinski definition) is 1. The lowest BCUT2D eigenvalue weighted by Gasteiger charge is -2.01. The summed E-state index contributed by atoms with van der Waals surface area (Å²) in [5.74, 6) is 0.128. The molecule has 0 atom stereocenters. The second kappa shape index (κ2) is 12.8. The number of carboxylic acid groups (broad SMARTS) is 1. The molecule has 0 aliphatic rings. The zero-order valence-corrected chi connectivity index (χ0v) is 11.0. The summed E-state index contributed by atoms with van der Waals surface area (Å²) in [6, 6.07) is 0. The first-order chi connectivity index (χ1) is 7.77. The predicted molar refractivity (Wildman–Crippen MR) is 69.1 cm³/mol. The fraction of sp³-hybridized carbons (Fsp3) is 0.923. The SMILES string of the molecule is O=C(O)CCCCCCCCCCCCCl. The van der Waals surface area contributed by atoms with E-state index in [1.54, 1.807) is 0 Å². The molecule has 0 unspecified atom stereocenters. The van der Waals surface area contributed by atoms with Crippen molar-refractivity contribution in [3.63, 3.8) is 0 Å². The monoisotopic (exact) mass is 248 g/mol. The smallest absolute Gasteiger partial charge is 0.303 e. The summed E-state index contributed by atoms with van der Waals surface area (Å²) in [6.45, 7) is 0. The second-order valence-corrected chi connectivity index (χ2v) is 4.75. The van der Waals surface area contributed by atoms with Crippen molar-refractivity contribution in [3.8, 4) is 0 Å². The van der Waals surface area contributed by atoms with Gasteiger partial charge in [-0.3, -0.25) is 4.79 Å². The Bertz CT molecular complexity index is 160. The highest BCUT2D eigenvalue weighted by molar-refractivity contribution is 6.17. The van der Waals surface area contributed by atoms with Crippen LogP contribution in [0.3, 0.4) is 0 Å². The Balaban J connectivity index is 2.90. The lowest BCUT2D eigenvalue weighted by atomic mass is 10.1. The van der Waals surface area contributed by atoms with Gasteiger partial charge in [0.15, 0.2) is 0 Å². The van der Waals surface area contributed by atoms with E-state index >= 15 is 0 Å². The second-order valence-electron chi connectivity index (χ2n) is 4.37. The van der Waals surface area contributed by atoms with Crippen molar-refractivity contribution in [1.29, 1.82) is 0 Å². The first-order valence-corrected chi connectivity index (χ1v) is 7.08. The van der Waals surface area contributed by atoms with E-state index < -0.39 is 5.97 Å². The van der Waals surface area contributed by atoms with Crippen molar-refractivity contribution >= 4 is 17.6 Å². The van der Waals surface area contributed by atoms with E-state index in [0.29, 0.717) is 6.42 Å². The van der Waals surface area contributed by atoms with Gasteiger partial charge < -0.3 is 5.11 Å². The third-order valence-electron chi connectivity index (χ3n) is 2.77. The molecule has 0 aromatic carbocycles. The molecule has 16 heavy (non-hydrogen) atoms. The molecule has 0 fully saturated rings. The topological polar surface area (TPSA) is 37.3 Å². The first-order valence-electron chi connectivity index (χ1n) is 6.55. The van der Waals surface area contributed by atoms with Gasteiger partial charge in [-0.05, 0) is 12.8 Å². The van der Waals surface area contributed by atoms with Crippen LogP contribution in [0.1, 0.15) is 70.6 Å². The molecule has 0 aliphatic carbocycles. The van der Waals surface area contributed by atoms with Crippen molar-refractivity contribution in [3.05, 3.63) is 0 Å². The van der Waals surface area contributed by atoms with Gasteiger partial charge in [-0.1, -0.05) is 51.4 Å². The van der Waals surface area contributed by atoms with E-state index in [4.69, 9.17) is 16.7 Å². The molecule has 3 heteroatoms. The van der Waals surface area contributed by atoms with Crippen LogP contribution in [0.15, 0.2) is 0 Å². The molecule has 1 N–H and O–H groups in total. The van der Waals surface area contributed by atoms with Gasteiger partial charge in [0.25, 0.3) is 0 Å². The number of alkyl halides is 1. The van der Waals surface area contributed by atoms with Crippen LogP contribution in [-0.2, 0) is 4.79 Å². The third kappa shape index (κ3) is 13.8. The van der Waals surface area contributed by atoms with E-state index in [1.807, 2.05) is 0 Å². The van der Waals surface area contributed by atoms with Crippen LogP contribution in [0.4, 0.5) is 0 Å². The molecular formula is C13H25ClO2. The lowest BCUT2D eigenvalue weighted by molar-refractivity contribution is -0.137. The number of hydrogen-bond acceptors (Lipinski definition) is 1. The van der Waals surface area contributed by atoms with Crippen LogP contribution in [-0.4, -0.2) is 17.0 Å². The molecular weight excluding hydrogens is 224 g/mol. The van der Waals surface area contributed by atoms with Crippen molar-refractivity contribution in [2.75, 3.05) is 5.88 Å². The molecule has 0 aliphatic heterocycles. The van der Waals surface area contributed by atoms with Gasteiger partial charge in [-0.25, -0.2) is 0 Å². The minimum Gasteiger partial charge on any atom is -0.481 e. The lowest BCUT2D eigenvalue weighted by Crippen LogP contribution is -1.93. The summed E-state index contributed by atoms with van der Waals surface area (Å²) in [6.07, 6.45) is 12.4. The highest BCUT2D eigenvalue weighted by Gasteiger charge is 1.96. The highest BCUT2D eigenvalue weighted by Crippen LogP contribution is 2.11. The molecule has 0 heterocycles. The molecule has 0 saturated heterocycles.